The summed E-state index contributed by atoms with van der Waals surface area (Å²) in [6, 6.07) is 11.5. The van der Waals surface area contributed by atoms with Gasteiger partial charge >= 0.3 is 0 Å². The van der Waals surface area contributed by atoms with E-state index in [2.05, 4.69) is 5.16 Å². The van der Waals surface area contributed by atoms with E-state index in [0.29, 0.717) is 5.56 Å². The summed E-state index contributed by atoms with van der Waals surface area (Å²) in [5, 5.41) is 15.2. The van der Waals surface area contributed by atoms with Crippen molar-refractivity contribution in [1.29, 1.82) is 0 Å². The van der Waals surface area contributed by atoms with Gasteiger partial charge in [-0.15, -0.1) is 11.3 Å². The number of ether oxygens (including phenoxy) is 1. The second kappa shape index (κ2) is 5.95. The Morgan fingerprint density at radius 2 is 1.91 bits per heavy atom. The van der Waals surface area contributed by atoms with Crippen LogP contribution in [0.4, 0.5) is 0 Å². The standard InChI is InChI=1S/C16H15N3O2S/c1-21-12-6-4-11(5-7-12)13-10-22-16(14(13)15(17)18-20)19-8-2-3-9-19/h2-10,20H,1H3,(H2,17,18). The van der Waals surface area contributed by atoms with E-state index in [1.165, 1.54) is 0 Å². The van der Waals surface area contributed by atoms with E-state index >= 15 is 0 Å². The van der Waals surface area contributed by atoms with E-state index < -0.39 is 0 Å². The summed E-state index contributed by atoms with van der Waals surface area (Å²) in [4.78, 5) is 0. The molecule has 3 aromatic rings. The van der Waals surface area contributed by atoms with Gasteiger partial charge in [0.05, 0.1) is 12.7 Å². The third kappa shape index (κ3) is 2.44. The van der Waals surface area contributed by atoms with Crippen LogP contribution in [0.25, 0.3) is 16.1 Å². The van der Waals surface area contributed by atoms with Gasteiger partial charge in [0, 0.05) is 23.3 Å². The molecular formula is C16H15N3O2S. The minimum atomic E-state index is 0.0933. The summed E-state index contributed by atoms with van der Waals surface area (Å²) >= 11 is 1.54. The van der Waals surface area contributed by atoms with Crippen molar-refractivity contribution in [2.75, 3.05) is 7.11 Å². The van der Waals surface area contributed by atoms with Crippen LogP contribution in [0.15, 0.2) is 59.3 Å². The van der Waals surface area contributed by atoms with Gasteiger partial charge < -0.3 is 20.2 Å². The lowest BCUT2D eigenvalue weighted by atomic mass is 10.0. The molecule has 2 aromatic heterocycles. The Morgan fingerprint density at radius 1 is 1.23 bits per heavy atom. The van der Waals surface area contributed by atoms with Crippen molar-refractivity contribution >= 4 is 17.2 Å². The summed E-state index contributed by atoms with van der Waals surface area (Å²) < 4.78 is 7.13. The lowest BCUT2D eigenvalue weighted by Gasteiger charge is -2.08. The molecule has 0 aliphatic heterocycles. The molecule has 3 N–H and O–H groups in total. The molecule has 22 heavy (non-hydrogen) atoms. The van der Waals surface area contributed by atoms with E-state index in [1.807, 2.05) is 58.7 Å². The van der Waals surface area contributed by atoms with E-state index in [1.54, 1.807) is 18.4 Å². The molecular weight excluding hydrogens is 298 g/mol. The van der Waals surface area contributed by atoms with Crippen molar-refractivity contribution in [3.8, 4) is 21.9 Å². The van der Waals surface area contributed by atoms with Gasteiger partial charge in [-0.3, -0.25) is 0 Å². The van der Waals surface area contributed by atoms with Gasteiger partial charge in [-0.1, -0.05) is 17.3 Å². The number of benzene rings is 1. The molecule has 2 heterocycles. The van der Waals surface area contributed by atoms with Crippen molar-refractivity contribution in [3.63, 3.8) is 0 Å². The van der Waals surface area contributed by atoms with Crippen LogP contribution in [-0.2, 0) is 0 Å². The number of methoxy groups -OCH3 is 1. The Hall–Kier alpha value is -2.73. The number of rotatable bonds is 4. The predicted molar refractivity (Wildman–Crippen MR) is 88.1 cm³/mol. The molecule has 0 aliphatic rings. The highest BCUT2D eigenvalue weighted by Crippen LogP contribution is 2.34. The quantitative estimate of drug-likeness (QED) is 0.336. The van der Waals surface area contributed by atoms with Crippen LogP contribution < -0.4 is 10.5 Å². The molecule has 0 bridgehead atoms. The van der Waals surface area contributed by atoms with Crippen molar-refractivity contribution in [2.45, 2.75) is 0 Å². The highest BCUT2D eigenvalue weighted by molar-refractivity contribution is 7.13. The van der Waals surface area contributed by atoms with Crippen LogP contribution in [0.5, 0.6) is 5.75 Å². The number of nitrogens with zero attached hydrogens (tertiary/aromatic N) is 2. The molecule has 6 heteroatoms. The fraction of sp³-hybridized carbons (Fsp3) is 0.0625. The fourth-order valence-corrected chi connectivity index (χ4v) is 3.35. The van der Waals surface area contributed by atoms with Crippen LogP contribution in [0, 0.1) is 0 Å². The Morgan fingerprint density at radius 3 is 2.50 bits per heavy atom. The van der Waals surface area contributed by atoms with Crippen LogP contribution in [0.1, 0.15) is 5.56 Å². The summed E-state index contributed by atoms with van der Waals surface area (Å²) in [5.41, 5.74) is 8.53. The lowest BCUT2D eigenvalue weighted by Crippen LogP contribution is -2.15. The molecule has 3 rings (SSSR count). The molecule has 0 amide bonds. The summed E-state index contributed by atoms with van der Waals surface area (Å²) in [6.07, 6.45) is 3.86. The molecule has 0 saturated carbocycles. The van der Waals surface area contributed by atoms with Crippen LogP contribution in [0.3, 0.4) is 0 Å². The molecule has 0 saturated heterocycles. The largest absolute Gasteiger partial charge is 0.497 e. The number of oxime groups is 1. The highest BCUT2D eigenvalue weighted by Gasteiger charge is 2.18. The first-order valence-electron chi connectivity index (χ1n) is 6.61. The number of hydrogen-bond acceptors (Lipinski definition) is 4. The summed E-state index contributed by atoms with van der Waals surface area (Å²) in [6.45, 7) is 0. The van der Waals surface area contributed by atoms with Crippen molar-refractivity contribution in [2.24, 2.45) is 10.9 Å². The average molecular weight is 313 g/mol. The first-order valence-corrected chi connectivity index (χ1v) is 7.49. The fourth-order valence-electron chi connectivity index (χ4n) is 2.29. The van der Waals surface area contributed by atoms with Crippen molar-refractivity contribution in [1.82, 2.24) is 4.57 Å². The normalized spacial score (nSPS) is 11.6. The topological polar surface area (TPSA) is 72.8 Å². The minimum absolute atomic E-state index is 0.0933. The Labute approximate surface area is 131 Å². The lowest BCUT2D eigenvalue weighted by molar-refractivity contribution is 0.318. The molecule has 0 spiro atoms. The van der Waals surface area contributed by atoms with Crippen LogP contribution in [-0.4, -0.2) is 22.7 Å². The maximum atomic E-state index is 9.12. The first kappa shape index (κ1) is 14.2. The van der Waals surface area contributed by atoms with Crippen molar-refractivity contribution < 1.29 is 9.94 Å². The smallest absolute Gasteiger partial charge is 0.173 e. The number of hydrogen-bond donors (Lipinski definition) is 2. The predicted octanol–water partition coefficient (Wildman–Crippen LogP) is 3.31. The van der Waals surface area contributed by atoms with Gasteiger partial charge in [0.2, 0.25) is 0 Å². The van der Waals surface area contributed by atoms with Crippen molar-refractivity contribution in [3.05, 3.63) is 59.7 Å². The third-order valence-corrected chi connectivity index (χ3v) is 4.37. The Balaban J connectivity index is 2.15. The third-order valence-electron chi connectivity index (χ3n) is 3.38. The number of thiophene rings is 1. The van der Waals surface area contributed by atoms with E-state index in [-0.39, 0.29) is 5.84 Å². The molecule has 0 radical (unpaired) electrons. The number of nitrogens with two attached hydrogens (primary N) is 1. The van der Waals surface area contributed by atoms with Gasteiger partial charge in [-0.05, 0) is 29.8 Å². The zero-order chi connectivity index (χ0) is 15.5. The summed E-state index contributed by atoms with van der Waals surface area (Å²) in [7, 11) is 1.63. The van der Waals surface area contributed by atoms with E-state index in [0.717, 1.165) is 21.9 Å². The SMILES string of the molecule is COc1ccc(-c2csc(-n3cccc3)c2/C(N)=N/O)cc1. The molecule has 1 aromatic carbocycles. The molecule has 112 valence electrons. The zero-order valence-electron chi connectivity index (χ0n) is 11.9. The number of aromatic nitrogens is 1. The second-order valence-electron chi connectivity index (χ2n) is 4.63. The van der Waals surface area contributed by atoms with Gasteiger partial charge in [-0.25, -0.2) is 0 Å². The minimum Gasteiger partial charge on any atom is -0.497 e. The molecule has 5 nitrogen and oxygen atoms in total. The highest BCUT2D eigenvalue weighted by atomic mass is 32.1. The molecule has 0 atom stereocenters. The van der Waals surface area contributed by atoms with Crippen LogP contribution >= 0.6 is 11.3 Å². The van der Waals surface area contributed by atoms with Gasteiger partial charge in [0.25, 0.3) is 0 Å². The zero-order valence-corrected chi connectivity index (χ0v) is 12.7. The van der Waals surface area contributed by atoms with Gasteiger partial charge in [0.1, 0.15) is 10.8 Å². The van der Waals surface area contributed by atoms with Gasteiger partial charge in [-0.2, -0.15) is 0 Å². The first-order chi connectivity index (χ1) is 10.7. The molecule has 0 fully saturated rings. The second-order valence-corrected chi connectivity index (χ2v) is 5.49. The Bertz CT molecular complexity index is 789. The van der Waals surface area contributed by atoms with E-state index in [4.69, 9.17) is 15.7 Å². The summed E-state index contributed by atoms with van der Waals surface area (Å²) in [5.74, 6) is 0.880. The molecule has 0 unspecified atom stereocenters. The Kier molecular flexibility index (Phi) is 3.84. The number of amidine groups is 1. The average Bonchev–Trinajstić information content (AvgIpc) is 3.23. The maximum absolute atomic E-state index is 9.12. The maximum Gasteiger partial charge on any atom is 0.173 e. The monoisotopic (exact) mass is 313 g/mol. The van der Waals surface area contributed by atoms with Gasteiger partial charge in [0.15, 0.2) is 5.84 Å². The van der Waals surface area contributed by atoms with E-state index in [9.17, 15) is 0 Å². The molecule has 0 aliphatic carbocycles. The van der Waals surface area contributed by atoms with Crippen LogP contribution in [0.2, 0.25) is 0 Å².